The Morgan fingerprint density at radius 1 is 1.42 bits per heavy atom. The van der Waals surface area contributed by atoms with E-state index in [-0.39, 0.29) is 6.10 Å². The summed E-state index contributed by atoms with van der Waals surface area (Å²) >= 11 is 0. The maximum absolute atomic E-state index is 9.46. The summed E-state index contributed by atoms with van der Waals surface area (Å²) in [6, 6.07) is 6.12. The van der Waals surface area contributed by atoms with Crippen molar-refractivity contribution in [1.82, 2.24) is 5.32 Å². The SMILES string of the molecule is CC(O)c1cccc2c1CNC2. The summed E-state index contributed by atoms with van der Waals surface area (Å²) in [5.41, 5.74) is 3.68. The molecule has 0 radical (unpaired) electrons. The van der Waals surface area contributed by atoms with Gasteiger partial charge >= 0.3 is 0 Å². The van der Waals surface area contributed by atoms with Gasteiger partial charge in [0.1, 0.15) is 0 Å². The van der Waals surface area contributed by atoms with Crippen LogP contribution in [0, 0.1) is 0 Å². The van der Waals surface area contributed by atoms with E-state index >= 15 is 0 Å². The lowest BCUT2D eigenvalue weighted by Crippen LogP contribution is -2.02. The molecule has 2 N–H and O–H groups in total. The van der Waals surface area contributed by atoms with Gasteiger partial charge in [-0.05, 0) is 23.6 Å². The minimum Gasteiger partial charge on any atom is -0.389 e. The molecule has 2 rings (SSSR count). The lowest BCUT2D eigenvalue weighted by atomic mass is 10.0. The maximum atomic E-state index is 9.46. The lowest BCUT2D eigenvalue weighted by molar-refractivity contribution is 0.198. The number of rotatable bonds is 1. The van der Waals surface area contributed by atoms with Gasteiger partial charge in [0.05, 0.1) is 6.10 Å². The first-order valence-corrected chi connectivity index (χ1v) is 4.28. The van der Waals surface area contributed by atoms with E-state index in [2.05, 4.69) is 11.4 Å². The molecule has 0 aromatic heterocycles. The molecule has 0 aliphatic carbocycles. The van der Waals surface area contributed by atoms with E-state index in [1.54, 1.807) is 0 Å². The fraction of sp³-hybridized carbons (Fsp3) is 0.400. The fourth-order valence-electron chi connectivity index (χ4n) is 1.75. The molecule has 1 aliphatic rings. The number of aliphatic hydroxyl groups is 1. The van der Waals surface area contributed by atoms with Crippen LogP contribution in [-0.4, -0.2) is 5.11 Å². The summed E-state index contributed by atoms with van der Waals surface area (Å²) in [4.78, 5) is 0. The second-order valence-electron chi connectivity index (χ2n) is 3.26. The Morgan fingerprint density at radius 3 is 3.00 bits per heavy atom. The maximum Gasteiger partial charge on any atom is 0.0765 e. The van der Waals surface area contributed by atoms with Crippen LogP contribution in [0.4, 0.5) is 0 Å². The molecule has 0 saturated carbocycles. The number of hydrogen-bond donors (Lipinski definition) is 2. The van der Waals surface area contributed by atoms with Crippen molar-refractivity contribution in [1.29, 1.82) is 0 Å². The first kappa shape index (κ1) is 7.77. The van der Waals surface area contributed by atoms with E-state index < -0.39 is 0 Å². The van der Waals surface area contributed by atoms with Crippen molar-refractivity contribution in [3.63, 3.8) is 0 Å². The molecule has 64 valence electrons. The zero-order chi connectivity index (χ0) is 8.55. The van der Waals surface area contributed by atoms with E-state index in [4.69, 9.17) is 0 Å². The van der Waals surface area contributed by atoms with Crippen molar-refractivity contribution in [2.24, 2.45) is 0 Å². The van der Waals surface area contributed by atoms with Crippen molar-refractivity contribution in [3.8, 4) is 0 Å². The summed E-state index contributed by atoms with van der Waals surface area (Å²) in [7, 11) is 0. The zero-order valence-corrected chi connectivity index (χ0v) is 7.17. The van der Waals surface area contributed by atoms with Gasteiger partial charge in [0, 0.05) is 13.1 Å². The van der Waals surface area contributed by atoms with Crippen molar-refractivity contribution < 1.29 is 5.11 Å². The molecule has 12 heavy (non-hydrogen) atoms. The lowest BCUT2D eigenvalue weighted by Gasteiger charge is -2.09. The zero-order valence-electron chi connectivity index (χ0n) is 7.17. The van der Waals surface area contributed by atoms with Gasteiger partial charge in [-0.2, -0.15) is 0 Å². The van der Waals surface area contributed by atoms with E-state index in [9.17, 15) is 5.11 Å². The third-order valence-corrected chi connectivity index (χ3v) is 2.38. The number of benzene rings is 1. The summed E-state index contributed by atoms with van der Waals surface area (Å²) in [5.74, 6) is 0. The van der Waals surface area contributed by atoms with Crippen molar-refractivity contribution in [2.75, 3.05) is 0 Å². The Balaban J connectivity index is 2.49. The normalized spacial score (nSPS) is 17.5. The average Bonchev–Trinajstić information content (AvgIpc) is 2.49. The standard InChI is InChI=1S/C10H13NO/c1-7(12)9-4-2-3-8-5-11-6-10(8)9/h2-4,7,11-12H,5-6H2,1H3. The van der Waals surface area contributed by atoms with Crippen LogP contribution in [0.5, 0.6) is 0 Å². The molecule has 0 amide bonds. The van der Waals surface area contributed by atoms with Gasteiger partial charge in [0.15, 0.2) is 0 Å². The summed E-state index contributed by atoms with van der Waals surface area (Å²) in [6.45, 7) is 3.65. The number of hydrogen-bond acceptors (Lipinski definition) is 2. The van der Waals surface area contributed by atoms with Crippen molar-refractivity contribution >= 4 is 0 Å². The number of fused-ring (bicyclic) bond motifs is 1. The minimum absolute atomic E-state index is 0.347. The molecule has 0 fully saturated rings. The first-order valence-electron chi connectivity index (χ1n) is 4.28. The van der Waals surface area contributed by atoms with Gasteiger partial charge < -0.3 is 10.4 Å². The molecule has 1 aromatic carbocycles. The number of aliphatic hydroxyl groups excluding tert-OH is 1. The minimum atomic E-state index is -0.347. The molecule has 1 unspecified atom stereocenters. The second-order valence-corrected chi connectivity index (χ2v) is 3.26. The molecular formula is C10H13NO. The molecule has 2 nitrogen and oxygen atoms in total. The van der Waals surface area contributed by atoms with Crippen molar-refractivity contribution in [3.05, 3.63) is 34.9 Å². The monoisotopic (exact) mass is 163 g/mol. The van der Waals surface area contributed by atoms with Gasteiger partial charge in [0.2, 0.25) is 0 Å². The Labute approximate surface area is 72.2 Å². The van der Waals surface area contributed by atoms with Gasteiger partial charge in [-0.25, -0.2) is 0 Å². The largest absolute Gasteiger partial charge is 0.389 e. The molecule has 1 heterocycles. The van der Waals surface area contributed by atoms with Crippen LogP contribution in [0.3, 0.4) is 0 Å². The van der Waals surface area contributed by atoms with Gasteiger partial charge in [-0.1, -0.05) is 18.2 Å². The smallest absolute Gasteiger partial charge is 0.0765 e. The van der Waals surface area contributed by atoms with Crippen LogP contribution in [0.2, 0.25) is 0 Å². The van der Waals surface area contributed by atoms with Crippen LogP contribution in [0.1, 0.15) is 29.7 Å². The average molecular weight is 163 g/mol. The van der Waals surface area contributed by atoms with E-state index in [1.807, 2.05) is 19.1 Å². The Morgan fingerprint density at radius 2 is 2.25 bits per heavy atom. The summed E-state index contributed by atoms with van der Waals surface area (Å²) < 4.78 is 0. The molecule has 0 bridgehead atoms. The van der Waals surface area contributed by atoms with Gasteiger partial charge in [-0.3, -0.25) is 0 Å². The van der Waals surface area contributed by atoms with Crippen LogP contribution < -0.4 is 5.32 Å². The quantitative estimate of drug-likeness (QED) is 0.655. The molecule has 1 aliphatic heterocycles. The van der Waals surface area contributed by atoms with E-state index in [0.717, 1.165) is 18.7 Å². The predicted molar refractivity (Wildman–Crippen MR) is 47.6 cm³/mol. The summed E-state index contributed by atoms with van der Waals surface area (Å²) in [5, 5.41) is 12.7. The Bertz CT molecular complexity index is 294. The Hall–Kier alpha value is -0.860. The van der Waals surface area contributed by atoms with E-state index in [0.29, 0.717) is 0 Å². The highest BCUT2D eigenvalue weighted by Crippen LogP contribution is 2.24. The molecule has 0 saturated heterocycles. The highest BCUT2D eigenvalue weighted by atomic mass is 16.3. The topological polar surface area (TPSA) is 32.3 Å². The molecular weight excluding hydrogens is 150 g/mol. The molecule has 1 aromatic rings. The Kier molecular flexibility index (Phi) is 1.87. The number of nitrogens with one attached hydrogen (secondary N) is 1. The van der Waals surface area contributed by atoms with E-state index in [1.165, 1.54) is 11.1 Å². The van der Waals surface area contributed by atoms with Gasteiger partial charge in [0.25, 0.3) is 0 Å². The third kappa shape index (κ3) is 1.13. The van der Waals surface area contributed by atoms with Crippen LogP contribution in [0.15, 0.2) is 18.2 Å². The predicted octanol–water partition coefficient (Wildman–Crippen LogP) is 1.34. The molecule has 1 atom stereocenters. The highest BCUT2D eigenvalue weighted by Gasteiger charge is 2.15. The molecule has 0 spiro atoms. The first-order chi connectivity index (χ1) is 5.79. The summed E-state index contributed by atoms with van der Waals surface area (Å²) in [6.07, 6.45) is -0.347. The van der Waals surface area contributed by atoms with Crippen molar-refractivity contribution in [2.45, 2.75) is 26.1 Å². The van der Waals surface area contributed by atoms with Crippen LogP contribution in [-0.2, 0) is 13.1 Å². The van der Waals surface area contributed by atoms with Crippen LogP contribution >= 0.6 is 0 Å². The van der Waals surface area contributed by atoms with Crippen LogP contribution in [0.25, 0.3) is 0 Å². The molecule has 2 heteroatoms. The van der Waals surface area contributed by atoms with Gasteiger partial charge in [-0.15, -0.1) is 0 Å². The fourth-order valence-corrected chi connectivity index (χ4v) is 1.75. The highest BCUT2D eigenvalue weighted by molar-refractivity contribution is 5.38. The second kappa shape index (κ2) is 2.88. The third-order valence-electron chi connectivity index (χ3n) is 2.38.